The number of amides is 2. The molecule has 4 rings (SSSR count). The van der Waals surface area contributed by atoms with Crippen LogP contribution in [-0.2, 0) is 26.2 Å². The minimum atomic E-state index is -4.23. The van der Waals surface area contributed by atoms with Crippen LogP contribution >= 0.6 is 0 Å². The summed E-state index contributed by atoms with van der Waals surface area (Å²) in [5, 5.41) is 3.07. The number of anilines is 1. The maximum Gasteiger partial charge on any atom is 0.264 e. The van der Waals surface area contributed by atoms with E-state index in [1.165, 1.54) is 31.3 Å². The second-order valence-corrected chi connectivity index (χ2v) is 11.9. The molecule has 10 heteroatoms. The topological polar surface area (TPSA) is 105 Å². The highest BCUT2D eigenvalue weighted by molar-refractivity contribution is 7.92. The summed E-state index contributed by atoms with van der Waals surface area (Å²) in [6.07, 6.45) is 3.94. The molecule has 1 aliphatic rings. The van der Waals surface area contributed by atoms with Gasteiger partial charge in [-0.15, -0.1) is 0 Å². The van der Waals surface area contributed by atoms with Crippen molar-refractivity contribution in [1.29, 1.82) is 0 Å². The Balaban J connectivity index is 1.70. The van der Waals surface area contributed by atoms with Crippen LogP contribution in [-0.4, -0.2) is 58.0 Å². The monoisotopic (exact) mass is 579 g/mol. The van der Waals surface area contributed by atoms with Crippen molar-refractivity contribution >= 4 is 27.5 Å². The maximum absolute atomic E-state index is 14.1. The summed E-state index contributed by atoms with van der Waals surface area (Å²) < 4.78 is 39.8. The van der Waals surface area contributed by atoms with Crippen LogP contribution in [0.15, 0.2) is 83.8 Å². The average molecular weight is 580 g/mol. The summed E-state index contributed by atoms with van der Waals surface area (Å²) in [5.41, 5.74) is 1.03. The molecule has 0 saturated heterocycles. The number of rotatable bonds is 12. The molecular formula is C31H37N3O6S. The molecule has 1 atom stereocenters. The molecule has 2 amide bonds. The number of nitrogens with one attached hydrogen (secondary N) is 1. The van der Waals surface area contributed by atoms with Crippen LogP contribution in [0.2, 0.25) is 0 Å². The van der Waals surface area contributed by atoms with Crippen LogP contribution in [0.25, 0.3) is 0 Å². The molecule has 3 aromatic rings. The molecule has 9 nitrogen and oxygen atoms in total. The smallest absolute Gasteiger partial charge is 0.264 e. The first-order valence-corrected chi connectivity index (χ1v) is 15.1. The minimum Gasteiger partial charge on any atom is -0.497 e. The van der Waals surface area contributed by atoms with E-state index in [1.807, 2.05) is 30.3 Å². The van der Waals surface area contributed by atoms with Gasteiger partial charge in [-0.05, 0) is 61.7 Å². The number of methoxy groups -OCH3 is 2. The summed E-state index contributed by atoms with van der Waals surface area (Å²) in [6, 6.07) is 21.2. The van der Waals surface area contributed by atoms with E-state index in [0.29, 0.717) is 11.5 Å². The molecule has 0 aromatic heterocycles. The van der Waals surface area contributed by atoms with Gasteiger partial charge in [-0.1, -0.05) is 55.3 Å². The standard InChI is InChI=1S/C31H37N3O6S/c1-23(31(36)32-25-13-7-8-14-25)33(21-24-11-5-4-6-12-24)30(35)22-34(28-15-9-10-16-29(28)40-3)41(37,38)27-19-17-26(39-2)18-20-27/h4-6,9-12,15-20,23,25H,7-8,13-14,21-22H2,1-3H3,(H,32,36)/t23-/m1/s1. The van der Waals surface area contributed by atoms with Gasteiger partial charge in [0.2, 0.25) is 11.8 Å². The lowest BCUT2D eigenvalue weighted by Gasteiger charge is -2.32. The van der Waals surface area contributed by atoms with Gasteiger partial charge in [-0.2, -0.15) is 0 Å². The number of sulfonamides is 1. The molecule has 1 aliphatic carbocycles. The Kier molecular flexibility index (Phi) is 9.88. The third-order valence-electron chi connectivity index (χ3n) is 7.34. The lowest BCUT2D eigenvalue weighted by molar-refractivity contribution is -0.139. The molecule has 1 saturated carbocycles. The van der Waals surface area contributed by atoms with Crippen molar-refractivity contribution in [1.82, 2.24) is 10.2 Å². The molecule has 218 valence electrons. The van der Waals surface area contributed by atoms with Crippen LogP contribution < -0.4 is 19.1 Å². The minimum absolute atomic E-state index is 0.0151. The molecular weight excluding hydrogens is 542 g/mol. The fraction of sp³-hybridized carbons (Fsp3) is 0.355. The highest BCUT2D eigenvalue weighted by atomic mass is 32.2. The van der Waals surface area contributed by atoms with E-state index in [9.17, 15) is 18.0 Å². The Morgan fingerprint density at radius 2 is 1.54 bits per heavy atom. The van der Waals surface area contributed by atoms with Crippen LogP contribution in [0.3, 0.4) is 0 Å². The molecule has 0 heterocycles. The highest BCUT2D eigenvalue weighted by Gasteiger charge is 2.34. The number of carbonyl (C=O) groups excluding carboxylic acids is 2. The van der Waals surface area contributed by atoms with Crippen LogP contribution in [0, 0.1) is 0 Å². The van der Waals surface area contributed by atoms with Gasteiger partial charge in [0.25, 0.3) is 10.0 Å². The Labute approximate surface area is 242 Å². The zero-order chi connectivity index (χ0) is 29.4. The van der Waals surface area contributed by atoms with Gasteiger partial charge >= 0.3 is 0 Å². The Bertz CT molecular complexity index is 1420. The molecule has 0 bridgehead atoms. The Hall–Kier alpha value is -4.05. The highest BCUT2D eigenvalue weighted by Crippen LogP contribution is 2.33. The first-order chi connectivity index (χ1) is 19.7. The van der Waals surface area contributed by atoms with E-state index in [-0.39, 0.29) is 29.1 Å². The van der Waals surface area contributed by atoms with Crippen molar-refractivity contribution in [3.05, 3.63) is 84.4 Å². The van der Waals surface area contributed by atoms with Crippen LogP contribution in [0.1, 0.15) is 38.2 Å². The molecule has 0 radical (unpaired) electrons. The van der Waals surface area contributed by atoms with Crippen molar-refractivity contribution in [2.45, 2.75) is 56.1 Å². The molecule has 1 fully saturated rings. The average Bonchev–Trinajstić information content (AvgIpc) is 3.51. The van der Waals surface area contributed by atoms with Gasteiger partial charge in [0, 0.05) is 12.6 Å². The van der Waals surface area contributed by atoms with Gasteiger partial charge in [0.05, 0.1) is 24.8 Å². The molecule has 1 N–H and O–H groups in total. The zero-order valence-electron chi connectivity index (χ0n) is 23.7. The van der Waals surface area contributed by atoms with Gasteiger partial charge in [0.1, 0.15) is 24.1 Å². The van der Waals surface area contributed by atoms with Gasteiger partial charge < -0.3 is 19.7 Å². The maximum atomic E-state index is 14.1. The lowest BCUT2D eigenvalue weighted by Crippen LogP contribution is -2.52. The van der Waals surface area contributed by atoms with Gasteiger partial charge in [-0.25, -0.2) is 8.42 Å². The van der Waals surface area contributed by atoms with E-state index in [1.54, 1.807) is 43.3 Å². The van der Waals surface area contributed by atoms with Crippen molar-refractivity contribution in [3.8, 4) is 11.5 Å². The van der Waals surface area contributed by atoms with Crippen molar-refractivity contribution in [2.75, 3.05) is 25.1 Å². The second-order valence-electron chi connectivity index (χ2n) is 10.0. The van der Waals surface area contributed by atoms with Crippen molar-refractivity contribution in [2.24, 2.45) is 0 Å². The summed E-state index contributed by atoms with van der Waals surface area (Å²) in [7, 11) is -1.29. The number of benzene rings is 3. The van der Waals surface area contributed by atoms with Crippen LogP contribution in [0.4, 0.5) is 5.69 Å². The fourth-order valence-corrected chi connectivity index (χ4v) is 6.40. The van der Waals surface area contributed by atoms with Gasteiger partial charge in [-0.3, -0.25) is 13.9 Å². The number of hydrogen-bond acceptors (Lipinski definition) is 6. The molecule has 41 heavy (non-hydrogen) atoms. The first-order valence-electron chi connectivity index (χ1n) is 13.7. The molecule has 0 spiro atoms. The number of hydrogen-bond donors (Lipinski definition) is 1. The third-order valence-corrected chi connectivity index (χ3v) is 9.12. The molecule has 0 aliphatic heterocycles. The predicted octanol–water partition coefficient (Wildman–Crippen LogP) is 4.38. The third kappa shape index (κ3) is 7.18. The zero-order valence-corrected chi connectivity index (χ0v) is 24.5. The number of carbonyl (C=O) groups is 2. The normalized spacial score (nSPS) is 14.2. The SMILES string of the molecule is COc1ccc(S(=O)(=O)N(CC(=O)N(Cc2ccccc2)[C@H](C)C(=O)NC2CCCC2)c2ccccc2OC)cc1. The summed E-state index contributed by atoms with van der Waals surface area (Å²) in [5.74, 6) is 0.00739. The largest absolute Gasteiger partial charge is 0.497 e. The van der Waals surface area contributed by atoms with E-state index in [4.69, 9.17) is 9.47 Å². The lowest BCUT2D eigenvalue weighted by atomic mass is 10.1. The summed E-state index contributed by atoms with van der Waals surface area (Å²) in [4.78, 5) is 28.8. The fourth-order valence-electron chi connectivity index (χ4n) is 4.98. The molecule has 0 unspecified atom stereocenters. The summed E-state index contributed by atoms with van der Waals surface area (Å²) >= 11 is 0. The van der Waals surface area contributed by atoms with Crippen molar-refractivity contribution in [3.63, 3.8) is 0 Å². The van der Waals surface area contributed by atoms with Crippen molar-refractivity contribution < 1.29 is 27.5 Å². The number of para-hydroxylation sites is 2. The van der Waals surface area contributed by atoms with Crippen LogP contribution in [0.5, 0.6) is 11.5 Å². The quantitative estimate of drug-likeness (QED) is 0.342. The number of nitrogens with zero attached hydrogens (tertiary/aromatic N) is 2. The second kappa shape index (κ2) is 13.5. The van der Waals surface area contributed by atoms with E-state index >= 15 is 0 Å². The van der Waals surface area contributed by atoms with Gasteiger partial charge in [0.15, 0.2) is 0 Å². The Morgan fingerprint density at radius 3 is 2.17 bits per heavy atom. The molecule has 3 aromatic carbocycles. The van der Waals surface area contributed by atoms with E-state index < -0.39 is 28.5 Å². The first kappa shape index (κ1) is 29.9. The predicted molar refractivity (Wildman–Crippen MR) is 157 cm³/mol. The van der Waals surface area contributed by atoms with E-state index in [0.717, 1.165) is 35.6 Å². The summed E-state index contributed by atoms with van der Waals surface area (Å²) in [6.45, 7) is 1.28. The Morgan fingerprint density at radius 1 is 0.902 bits per heavy atom. The van der Waals surface area contributed by atoms with E-state index in [2.05, 4.69) is 5.32 Å². The number of ether oxygens (including phenoxy) is 2.